The first kappa shape index (κ1) is 23.6. The van der Waals surface area contributed by atoms with Gasteiger partial charge in [0.1, 0.15) is 8.55 Å². The number of likely N-dealkylation sites (tertiary alicyclic amines) is 1. The molecule has 3 heterocycles. The Labute approximate surface area is 201 Å². The molecule has 174 valence electrons. The van der Waals surface area contributed by atoms with Crippen LogP contribution in [0.5, 0.6) is 0 Å². The topological polar surface area (TPSA) is 96.3 Å². The van der Waals surface area contributed by atoms with E-state index < -0.39 is 16.1 Å². The number of sulfonamides is 1. The molecule has 0 spiro atoms. The first-order valence-corrected chi connectivity index (χ1v) is 13.5. The van der Waals surface area contributed by atoms with Crippen molar-refractivity contribution in [3.63, 3.8) is 0 Å². The Morgan fingerprint density at radius 1 is 1.31 bits per heavy atom. The minimum absolute atomic E-state index is 0.111. The Hall–Kier alpha value is -1.59. The summed E-state index contributed by atoms with van der Waals surface area (Å²) in [5, 5.41) is 7.43. The molecule has 4 rings (SSSR count). The number of hydrogen-bond donors (Lipinski definition) is 2. The molecule has 0 saturated carbocycles. The molecule has 32 heavy (non-hydrogen) atoms. The van der Waals surface area contributed by atoms with Gasteiger partial charge in [-0.15, -0.1) is 11.3 Å². The highest BCUT2D eigenvalue weighted by Crippen LogP contribution is 2.35. The quantitative estimate of drug-likeness (QED) is 0.626. The molecular formula is C20H25Cl2N5O3S2. The molecule has 0 aromatic carbocycles. The molecule has 0 unspecified atom stereocenters. The first-order valence-electron chi connectivity index (χ1n) is 10.4. The van der Waals surface area contributed by atoms with Crippen molar-refractivity contribution in [1.29, 1.82) is 0 Å². The van der Waals surface area contributed by atoms with E-state index in [0.29, 0.717) is 6.04 Å². The Morgan fingerprint density at radius 2 is 2.06 bits per heavy atom. The molecule has 2 amide bonds. The van der Waals surface area contributed by atoms with E-state index in [1.807, 2.05) is 17.0 Å². The fourth-order valence-electron chi connectivity index (χ4n) is 4.17. The van der Waals surface area contributed by atoms with E-state index in [2.05, 4.69) is 27.0 Å². The van der Waals surface area contributed by atoms with Crippen molar-refractivity contribution in [2.24, 2.45) is 0 Å². The Kier molecular flexibility index (Phi) is 7.16. The zero-order chi connectivity index (χ0) is 22.9. The fraction of sp³-hybridized carbons (Fsp3) is 0.500. The van der Waals surface area contributed by atoms with Gasteiger partial charge in [0, 0.05) is 6.54 Å². The molecule has 2 aromatic heterocycles. The second-order valence-electron chi connectivity index (χ2n) is 8.08. The lowest BCUT2D eigenvalue weighted by Crippen LogP contribution is -2.39. The van der Waals surface area contributed by atoms with Crippen molar-refractivity contribution < 1.29 is 13.2 Å². The fourth-order valence-corrected chi connectivity index (χ4v) is 6.98. The lowest BCUT2D eigenvalue weighted by atomic mass is 9.92. The third-order valence-electron chi connectivity index (χ3n) is 5.83. The molecule has 2 aromatic rings. The predicted octanol–water partition coefficient (Wildman–Crippen LogP) is 3.93. The number of hydrogen-bond acceptors (Lipinski definition) is 6. The van der Waals surface area contributed by atoms with Gasteiger partial charge >= 0.3 is 6.03 Å². The smallest absolute Gasteiger partial charge is 0.328 e. The summed E-state index contributed by atoms with van der Waals surface area (Å²) in [6, 6.07) is 0.796. The molecule has 0 radical (unpaired) electrons. The van der Waals surface area contributed by atoms with Gasteiger partial charge in [0.15, 0.2) is 0 Å². The highest BCUT2D eigenvalue weighted by Gasteiger charge is 2.26. The van der Waals surface area contributed by atoms with Crippen molar-refractivity contribution in [1.82, 2.24) is 24.7 Å². The van der Waals surface area contributed by atoms with Crippen LogP contribution in [0.2, 0.25) is 9.36 Å². The lowest BCUT2D eigenvalue weighted by Gasteiger charge is -2.31. The molecule has 12 heteroatoms. The molecule has 1 fully saturated rings. The molecule has 0 bridgehead atoms. The molecule has 1 saturated heterocycles. The van der Waals surface area contributed by atoms with Crippen LogP contribution in [0, 0.1) is 0 Å². The highest BCUT2D eigenvalue weighted by molar-refractivity contribution is 7.92. The molecule has 1 aliphatic heterocycles. The van der Waals surface area contributed by atoms with E-state index in [9.17, 15) is 13.2 Å². The predicted molar refractivity (Wildman–Crippen MR) is 127 cm³/mol. The summed E-state index contributed by atoms with van der Waals surface area (Å²) in [5.74, 6) is 0. The van der Waals surface area contributed by atoms with Gasteiger partial charge in [-0.1, -0.05) is 29.3 Å². The summed E-state index contributed by atoms with van der Waals surface area (Å²) in [6.07, 6.45) is 8.97. The van der Waals surface area contributed by atoms with Crippen LogP contribution < -0.4 is 10.0 Å². The number of aryl methyl sites for hydroxylation is 1. The van der Waals surface area contributed by atoms with Crippen LogP contribution in [0.3, 0.4) is 0 Å². The van der Waals surface area contributed by atoms with E-state index in [1.54, 1.807) is 0 Å². The van der Waals surface area contributed by atoms with Crippen molar-refractivity contribution >= 4 is 56.2 Å². The number of aromatic nitrogens is 2. The molecule has 1 aliphatic carbocycles. The maximum atomic E-state index is 12.3. The number of halogens is 2. The van der Waals surface area contributed by atoms with Crippen LogP contribution in [0.25, 0.3) is 5.57 Å². The standard InChI is InChI=1S/C20H25Cl2N5O3S2/c1-26-9-6-15(7-10-26)27-18-13(3-2-4-14(18)12-24-27)5-8-23-20(28)25-32(29,30)17-11-16(21)19(22)31-17/h5,11-12,15H,2-4,6-10H2,1H3,(H2,23,25,28). The van der Waals surface area contributed by atoms with E-state index in [-0.39, 0.29) is 20.1 Å². The van der Waals surface area contributed by atoms with Crippen LogP contribution in [-0.2, 0) is 16.4 Å². The van der Waals surface area contributed by atoms with Crippen LogP contribution in [0.4, 0.5) is 4.79 Å². The third kappa shape index (κ3) is 5.14. The summed E-state index contributed by atoms with van der Waals surface area (Å²) >= 11 is 12.4. The molecule has 2 N–H and O–H groups in total. The summed E-state index contributed by atoms with van der Waals surface area (Å²) in [7, 11) is -1.90. The number of nitrogens with one attached hydrogen (secondary N) is 2. The van der Waals surface area contributed by atoms with E-state index >= 15 is 0 Å². The van der Waals surface area contributed by atoms with Gasteiger partial charge in [0.2, 0.25) is 0 Å². The van der Waals surface area contributed by atoms with Gasteiger partial charge in [-0.3, -0.25) is 4.68 Å². The van der Waals surface area contributed by atoms with Crippen molar-refractivity contribution in [3.8, 4) is 0 Å². The normalized spacial score (nSPS) is 19.2. The summed E-state index contributed by atoms with van der Waals surface area (Å²) in [6.45, 7) is 2.31. The number of amides is 2. The van der Waals surface area contributed by atoms with E-state index in [1.165, 1.54) is 11.6 Å². The van der Waals surface area contributed by atoms with Gasteiger partial charge in [-0.2, -0.15) is 5.10 Å². The number of piperidine rings is 1. The van der Waals surface area contributed by atoms with Crippen molar-refractivity contribution in [2.45, 2.75) is 42.4 Å². The maximum absolute atomic E-state index is 12.3. The molecule has 0 atom stereocenters. The first-order chi connectivity index (χ1) is 15.2. The summed E-state index contributed by atoms with van der Waals surface area (Å²) in [5.41, 5.74) is 3.53. The lowest BCUT2D eigenvalue weighted by molar-refractivity contribution is 0.211. The molecular weight excluding hydrogens is 493 g/mol. The molecule has 8 nitrogen and oxygen atoms in total. The second kappa shape index (κ2) is 9.72. The van der Waals surface area contributed by atoms with Crippen LogP contribution in [0.1, 0.15) is 43.0 Å². The number of urea groups is 1. The largest absolute Gasteiger partial charge is 0.334 e. The van der Waals surface area contributed by atoms with Gasteiger partial charge in [0.25, 0.3) is 10.0 Å². The van der Waals surface area contributed by atoms with Crippen molar-refractivity contribution in [2.75, 3.05) is 26.7 Å². The Balaban J connectivity index is 1.41. The van der Waals surface area contributed by atoms with Gasteiger partial charge in [-0.05, 0) is 69.4 Å². The SMILES string of the molecule is CN1CCC(n2ncc3c2C(=CCNC(=O)NS(=O)(=O)c2cc(Cl)c(Cl)s2)CCC3)CC1. The number of thiophene rings is 1. The van der Waals surface area contributed by atoms with Gasteiger partial charge < -0.3 is 10.2 Å². The number of nitrogens with zero attached hydrogens (tertiary/aromatic N) is 3. The van der Waals surface area contributed by atoms with Gasteiger partial charge in [0.05, 0.1) is 23.0 Å². The van der Waals surface area contributed by atoms with Crippen LogP contribution in [-0.4, -0.2) is 55.8 Å². The minimum Gasteiger partial charge on any atom is -0.334 e. The number of allylic oxidation sites excluding steroid dienone is 1. The minimum atomic E-state index is -4.03. The second-order valence-corrected chi connectivity index (χ2v) is 12.1. The van der Waals surface area contributed by atoms with E-state index in [0.717, 1.165) is 67.8 Å². The Bertz CT molecular complexity index is 1110. The van der Waals surface area contributed by atoms with E-state index in [4.69, 9.17) is 23.2 Å². The number of carbonyl (C=O) groups excluding carboxylic acids is 1. The monoisotopic (exact) mass is 517 g/mol. The van der Waals surface area contributed by atoms with Crippen molar-refractivity contribution in [3.05, 3.63) is 39.0 Å². The Morgan fingerprint density at radius 3 is 2.75 bits per heavy atom. The third-order valence-corrected chi connectivity index (χ3v) is 9.50. The molecule has 2 aliphatic rings. The van der Waals surface area contributed by atoms with Crippen LogP contribution >= 0.6 is 34.5 Å². The maximum Gasteiger partial charge on any atom is 0.328 e. The zero-order valence-electron chi connectivity index (χ0n) is 17.6. The average Bonchev–Trinajstić information content (AvgIpc) is 3.33. The highest BCUT2D eigenvalue weighted by atomic mass is 35.5. The number of rotatable bonds is 5. The summed E-state index contributed by atoms with van der Waals surface area (Å²) in [4.78, 5) is 14.5. The zero-order valence-corrected chi connectivity index (χ0v) is 20.7. The average molecular weight is 518 g/mol. The number of carbonyl (C=O) groups is 1. The van der Waals surface area contributed by atoms with Gasteiger partial charge in [-0.25, -0.2) is 17.9 Å². The summed E-state index contributed by atoms with van der Waals surface area (Å²) < 4.78 is 28.9. The number of fused-ring (bicyclic) bond motifs is 1. The van der Waals surface area contributed by atoms with Crippen LogP contribution in [0.15, 0.2) is 22.5 Å².